The van der Waals surface area contributed by atoms with Crippen LogP contribution >= 0.6 is 27.3 Å². The average Bonchev–Trinajstić information content (AvgIpc) is 2.75. The van der Waals surface area contributed by atoms with Crippen molar-refractivity contribution in [3.63, 3.8) is 0 Å². The highest BCUT2D eigenvalue weighted by atomic mass is 79.9. The Labute approximate surface area is 111 Å². The SMILES string of the molecule is C/N=C(\C)C(C(=O)OC)C(=O)c1csc(Br)n1. The van der Waals surface area contributed by atoms with Crippen LogP contribution in [0, 0.1) is 5.92 Å². The van der Waals surface area contributed by atoms with E-state index in [9.17, 15) is 9.59 Å². The van der Waals surface area contributed by atoms with E-state index in [-0.39, 0.29) is 5.69 Å². The van der Waals surface area contributed by atoms with Crippen molar-refractivity contribution in [3.05, 3.63) is 15.0 Å². The van der Waals surface area contributed by atoms with Gasteiger partial charge in [-0.2, -0.15) is 0 Å². The fourth-order valence-corrected chi connectivity index (χ4v) is 2.23. The normalized spacial score (nSPS) is 13.3. The molecule has 1 unspecified atom stereocenters. The molecule has 0 fully saturated rings. The quantitative estimate of drug-likeness (QED) is 0.368. The lowest BCUT2D eigenvalue weighted by molar-refractivity contribution is -0.141. The zero-order valence-electron chi connectivity index (χ0n) is 9.56. The number of halogens is 1. The van der Waals surface area contributed by atoms with E-state index in [1.807, 2.05) is 0 Å². The molecule has 0 aromatic carbocycles. The topological polar surface area (TPSA) is 68.6 Å². The summed E-state index contributed by atoms with van der Waals surface area (Å²) in [5, 5.41) is 1.59. The predicted molar refractivity (Wildman–Crippen MR) is 68.7 cm³/mol. The second-order valence-corrected chi connectivity index (χ2v) is 5.31. The molecule has 0 aliphatic rings. The molecule has 92 valence electrons. The summed E-state index contributed by atoms with van der Waals surface area (Å²) in [4.78, 5) is 31.5. The largest absolute Gasteiger partial charge is 0.468 e. The molecule has 1 aromatic rings. The van der Waals surface area contributed by atoms with Gasteiger partial charge < -0.3 is 4.74 Å². The number of carbonyl (C=O) groups is 2. The van der Waals surface area contributed by atoms with Crippen LogP contribution in [0.2, 0.25) is 0 Å². The van der Waals surface area contributed by atoms with Crippen molar-refractivity contribution in [1.82, 2.24) is 4.98 Å². The summed E-state index contributed by atoms with van der Waals surface area (Å²) >= 11 is 4.45. The van der Waals surface area contributed by atoms with Crippen LogP contribution < -0.4 is 0 Å². The fourth-order valence-electron chi connectivity index (χ4n) is 1.23. The summed E-state index contributed by atoms with van der Waals surface area (Å²) in [6.45, 7) is 1.61. The Balaban J connectivity index is 3.07. The summed E-state index contributed by atoms with van der Waals surface area (Å²) < 4.78 is 5.20. The van der Waals surface area contributed by atoms with Gasteiger partial charge in [-0.3, -0.25) is 14.6 Å². The van der Waals surface area contributed by atoms with E-state index in [1.165, 1.54) is 25.5 Å². The van der Waals surface area contributed by atoms with E-state index in [0.717, 1.165) is 0 Å². The zero-order valence-corrected chi connectivity index (χ0v) is 12.0. The van der Waals surface area contributed by atoms with Gasteiger partial charge in [0.2, 0.25) is 5.78 Å². The molecule has 1 rings (SSSR count). The van der Waals surface area contributed by atoms with Crippen LogP contribution in [0.5, 0.6) is 0 Å². The Morgan fingerprint density at radius 1 is 1.59 bits per heavy atom. The van der Waals surface area contributed by atoms with Gasteiger partial charge in [-0.1, -0.05) is 0 Å². The number of aromatic nitrogens is 1. The van der Waals surface area contributed by atoms with Crippen molar-refractivity contribution in [2.24, 2.45) is 10.9 Å². The molecule has 0 aliphatic heterocycles. The van der Waals surface area contributed by atoms with E-state index in [0.29, 0.717) is 9.63 Å². The molecule has 0 bridgehead atoms. The molecule has 0 amide bonds. The molecular weight excluding hydrogens is 308 g/mol. The molecule has 7 heteroatoms. The first-order valence-corrected chi connectivity index (χ1v) is 6.34. The molecule has 0 saturated carbocycles. The first kappa shape index (κ1) is 14.0. The minimum atomic E-state index is -1.01. The highest BCUT2D eigenvalue weighted by molar-refractivity contribution is 9.11. The second kappa shape index (κ2) is 6.02. The maximum Gasteiger partial charge on any atom is 0.322 e. The number of hydrogen-bond donors (Lipinski definition) is 0. The van der Waals surface area contributed by atoms with Gasteiger partial charge in [-0.05, 0) is 22.9 Å². The first-order chi connectivity index (χ1) is 8.01. The summed E-state index contributed by atoms with van der Waals surface area (Å²) in [5.41, 5.74) is 0.645. The molecule has 0 saturated heterocycles. The maximum absolute atomic E-state index is 12.1. The lowest BCUT2D eigenvalue weighted by atomic mass is 9.97. The van der Waals surface area contributed by atoms with Crippen LogP contribution in [0.3, 0.4) is 0 Å². The lowest BCUT2D eigenvalue weighted by Crippen LogP contribution is -2.31. The van der Waals surface area contributed by atoms with E-state index in [4.69, 9.17) is 0 Å². The van der Waals surface area contributed by atoms with Crippen molar-refractivity contribution in [3.8, 4) is 0 Å². The van der Waals surface area contributed by atoms with Crippen LogP contribution in [-0.4, -0.2) is 36.6 Å². The Morgan fingerprint density at radius 2 is 2.24 bits per heavy atom. The molecular formula is C10H11BrN2O3S. The predicted octanol–water partition coefficient (Wildman–Crippen LogP) is 1.97. The van der Waals surface area contributed by atoms with E-state index in [2.05, 4.69) is 30.6 Å². The third-order valence-electron chi connectivity index (χ3n) is 2.20. The molecule has 0 radical (unpaired) electrons. The standard InChI is InChI=1S/C10H11BrN2O3S/c1-5(12-2)7(9(15)16-3)8(14)6-4-17-10(11)13-6/h4,7H,1-3H3/b12-5+. The van der Waals surface area contributed by atoms with Gasteiger partial charge in [0.15, 0.2) is 9.83 Å². The molecule has 17 heavy (non-hydrogen) atoms. The van der Waals surface area contributed by atoms with Gasteiger partial charge in [-0.15, -0.1) is 11.3 Å². The lowest BCUT2D eigenvalue weighted by Gasteiger charge is -2.11. The molecule has 5 nitrogen and oxygen atoms in total. The summed E-state index contributed by atoms with van der Waals surface area (Å²) in [5.74, 6) is -2.04. The molecule has 1 aromatic heterocycles. The Kier molecular flexibility index (Phi) is 4.95. The fraction of sp³-hybridized carbons (Fsp3) is 0.400. The van der Waals surface area contributed by atoms with Gasteiger partial charge in [-0.25, -0.2) is 4.98 Å². The number of thiazole rings is 1. The van der Waals surface area contributed by atoms with E-state index >= 15 is 0 Å². The highest BCUT2D eigenvalue weighted by Gasteiger charge is 2.32. The first-order valence-electron chi connectivity index (χ1n) is 4.67. The van der Waals surface area contributed by atoms with Crippen molar-refractivity contribution >= 4 is 44.7 Å². The van der Waals surface area contributed by atoms with Crippen LogP contribution in [0.15, 0.2) is 14.3 Å². The van der Waals surface area contributed by atoms with E-state index < -0.39 is 17.7 Å². The van der Waals surface area contributed by atoms with Gasteiger partial charge >= 0.3 is 5.97 Å². The van der Waals surface area contributed by atoms with Crippen LogP contribution in [0.1, 0.15) is 17.4 Å². The molecule has 1 heterocycles. The maximum atomic E-state index is 12.1. The number of rotatable bonds is 4. The summed E-state index contributed by atoms with van der Waals surface area (Å²) in [6.07, 6.45) is 0. The van der Waals surface area contributed by atoms with Gasteiger partial charge in [0.05, 0.1) is 7.11 Å². The monoisotopic (exact) mass is 318 g/mol. The third kappa shape index (κ3) is 3.19. The highest BCUT2D eigenvalue weighted by Crippen LogP contribution is 2.19. The number of ketones is 1. The number of methoxy groups -OCH3 is 1. The number of ether oxygens (including phenoxy) is 1. The summed E-state index contributed by atoms with van der Waals surface area (Å²) in [6, 6.07) is 0. The molecule has 0 N–H and O–H groups in total. The van der Waals surface area contributed by atoms with Crippen LogP contribution in [0.4, 0.5) is 0 Å². The van der Waals surface area contributed by atoms with Crippen molar-refractivity contribution in [1.29, 1.82) is 0 Å². The minimum absolute atomic E-state index is 0.236. The smallest absolute Gasteiger partial charge is 0.322 e. The Bertz CT molecular complexity index is 470. The average molecular weight is 319 g/mol. The van der Waals surface area contributed by atoms with Crippen molar-refractivity contribution in [2.45, 2.75) is 6.92 Å². The Hall–Kier alpha value is -1.08. The summed E-state index contributed by atoms with van der Waals surface area (Å²) in [7, 11) is 2.76. The minimum Gasteiger partial charge on any atom is -0.468 e. The number of carbonyl (C=O) groups excluding carboxylic acids is 2. The van der Waals surface area contributed by atoms with E-state index in [1.54, 1.807) is 12.3 Å². The zero-order chi connectivity index (χ0) is 13.0. The number of aliphatic imine (C=N–C) groups is 1. The number of Topliss-reactive ketones (excluding diaryl/α,β-unsaturated/α-hetero) is 1. The second-order valence-electron chi connectivity index (χ2n) is 3.17. The molecule has 0 aliphatic carbocycles. The van der Waals surface area contributed by atoms with Crippen LogP contribution in [-0.2, 0) is 9.53 Å². The molecule has 1 atom stereocenters. The van der Waals surface area contributed by atoms with Gasteiger partial charge in [0.1, 0.15) is 5.69 Å². The van der Waals surface area contributed by atoms with Crippen molar-refractivity contribution < 1.29 is 14.3 Å². The molecule has 0 spiro atoms. The number of hydrogen-bond acceptors (Lipinski definition) is 6. The third-order valence-corrected chi connectivity index (χ3v) is 3.56. The van der Waals surface area contributed by atoms with Crippen LogP contribution in [0.25, 0.3) is 0 Å². The van der Waals surface area contributed by atoms with Crippen molar-refractivity contribution in [2.75, 3.05) is 14.2 Å². The Morgan fingerprint density at radius 3 is 2.65 bits per heavy atom. The van der Waals surface area contributed by atoms with Gasteiger partial charge in [0.25, 0.3) is 0 Å². The number of nitrogens with zero attached hydrogens (tertiary/aromatic N) is 2. The number of esters is 1. The van der Waals surface area contributed by atoms with Gasteiger partial charge in [0, 0.05) is 18.1 Å².